The first-order chi connectivity index (χ1) is 16.2. The number of carbonyl (C=O) groups excluding carboxylic acids is 2. The highest BCUT2D eigenvalue weighted by molar-refractivity contribution is 6.06. The van der Waals surface area contributed by atoms with E-state index in [9.17, 15) is 22.8 Å². The van der Waals surface area contributed by atoms with Crippen LogP contribution in [0.4, 0.5) is 13.2 Å². The molecule has 2 aliphatic rings. The zero-order chi connectivity index (χ0) is 24.0. The maximum Gasteiger partial charge on any atom is 0.416 e. The molecule has 0 N–H and O–H groups in total. The lowest BCUT2D eigenvalue weighted by Gasteiger charge is -2.31. The highest BCUT2D eigenvalue weighted by Gasteiger charge is 2.51. The standard InChI is InChI=1S/C27H21F3N2O2/c1-32-25(33)23-14-17-5-2-3-8-21(17)22(24(23)26(32)34)12-11-20-10-9-18(15-31-20)16-6-4-7-19(13-16)27(28,29)30/h2-13,15,22-24H,14H2,1H3/b12-11+. The van der Waals surface area contributed by atoms with E-state index in [-0.39, 0.29) is 23.7 Å². The Hall–Kier alpha value is -3.74. The van der Waals surface area contributed by atoms with Gasteiger partial charge in [-0.05, 0) is 47.4 Å². The molecular formula is C27H21F3N2O2. The molecule has 172 valence electrons. The summed E-state index contributed by atoms with van der Waals surface area (Å²) in [6, 6.07) is 16.4. The minimum absolute atomic E-state index is 0.147. The Kier molecular flexibility index (Phi) is 5.35. The van der Waals surface area contributed by atoms with Crippen molar-refractivity contribution < 1.29 is 22.8 Å². The molecule has 3 aromatic rings. The summed E-state index contributed by atoms with van der Waals surface area (Å²) in [5.41, 5.74) is 2.99. The van der Waals surface area contributed by atoms with Gasteiger partial charge in [0.15, 0.2) is 0 Å². The first kappa shape index (κ1) is 22.1. The molecule has 7 heteroatoms. The number of likely N-dealkylation sites (tertiary alicyclic amines) is 1. The number of aromatic nitrogens is 1. The molecule has 2 aromatic carbocycles. The van der Waals surface area contributed by atoms with Crippen molar-refractivity contribution in [3.05, 3.63) is 95.3 Å². The van der Waals surface area contributed by atoms with Crippen LogP contribution in [0, 0.1) is 11.8 Å². The fourth-order valence-corrected chi connectivity index (χ4v) is 4.98. The van der Waals surface area contributed by atoms with Crippen molar-refractivity contribution in [2.75, 3.05) is 7.05 Å². The molecule has 3 atom stereocenters. The third-order valence-corrected chi connectivity index (χ3v) is 6.72. The molecule has 0 bridgehead atoms. The fraction of sp³-hybridized carbons (Fsp3) is 0.222. The van der Waals surface area contributed by atoms with Crippen molar-refractivity contribution in [1.29, 1.82) is 0 Å². The molecule has 1 aromatic heterocycles. The first-order valence-corrected chi connectivity index (χ1v) is 10.9. The van der Waals surface area contributed by atoms with E-state index < -0.39 is 17.7 Å². The van der Waals surface area contributed by atoms with Crippen molar-refractivity contribution >= 4 is 17.9 Å². The van der Waals surface area contributed by atoms with E-state index in [1.165, 1.54) is 24.2 Å². The van der Waals surface area contributed by atoms with E-state index in [4.69, 9.17) is 0 Å². The number of hydrogen-bond acceptors (Lipinski definition) is 3. The van der Waals surface area contributed by atoms with Gasteiger partial charge in [0.25, 0.3) is 0 Å². The van der Waals surface area contributed by atoms with Crippen LogP contribution in [-0.4, -0.2) is 28.7 Å². The SMILES string of the molecule is CN1C(=O)C2Cc3ccccc3C(/C=C/c3ccc(-c4cccc(C(F)(F)F)c4)cn3)C2C1=O. The second-order valence-electron chi connectivity index (χ2n) is 8.71. The number of alkyl halides is 3. The molecule has 1 aliphatic carbocycles. The summed E-state index contributed by atoms with van der Waals surface area (Å²) in [5.74, 6) is -1.41. The lowest BCUT2D eigenvalue weighted by molar-refractivity contribution is -0.139. The summed E-state index contributed by atoms with van der Waals surface area (Å²) in [7, 11) is 1.53. The van der Waals surface area contributed by atoms with E-state index in [1.807, 2.05) is 30.3 Å². The second-order valence-corrected chi connectivity index (χ2v) is 8.71. The summed E-state index contributed by atoms with van der Waals surface area (Å²) >= 11 is 0. The van der Waals surface area contributed by atoms with Gasteiger partial charge in [-0.2, -0.15) is 13.2 Å². The summed E-state index contributed by atoms with van der Waals surface area (Å²) in [6.45, 7) is 0. The number of halogens is 3. The number of imide groups is 1. The molecule has 2 amide bonds. The van der Waals surface area contributed by atoms with Gasteiger partial charge >= 0.3 is 6.18 Å². The maximum atomic E-state index is 13.0. The summed E-state index contributed by atoms with van der Waals surface area (Å²) in [6.07, 6.45) is 1.38. The number of benzene rings is 2. The molecule has 0 spiro atoms. The quantitative estimate of drug-likeness (QED) is 0.493. The van der Waals surface area contributed by atoms with E-state index in [2.05, 4.69) is 4.98 Å². The van der Waals surface area contributed by atoms with Gasteiger partial charge in [-0.15, -0.1) is 0 Å². The molecule has 1 fully saturated rings. The normalized spacial score (nSPS) is 22.2. The Morgan fingerprint density at radius 1 is 0.971 bits per heavy atom. The number of hydrogen-bond donors (Lipinski definition) is 0. The molecule has 3 unspecified atom stereocenters. The number of pyridine rings is 1. The Labute approximate surface area is 194 Å². The van der Waals surface area contributed by atoms with Gasteiger partial charge in [-0.25, -0.2) is 0 Å². The van der Waals surface area contributed by atoms with Crippen LogP contribution < -0.4 is 0 Å². The zero-order valence-electron chi connectivity index (χ0n) is 18.3. The molecule has 1 aliphatic heterocycles. The van der Waals surface area contributed by atoms with Crippen molar-refractivity contribution in [2.45, 2.75) is 18.5 Å². The van der Waals surface area contributed by atoms with Crippen LogP contribution in [0.5, 0.6) is 0 Å². The van der Waals surface area contributed by atoms with Crippen molar-refractivity contribution in [3.8, 4) is 11.1 Å². The van der Waals surface area contributed by atoms with Gasteiger partial charge < -0.3 is 0 Å². The topological polar surface area (TPSA) is 50.3 Å². The van der Waals surface area contributed by atoms with E-state index in [1.54, 1.807) is 24.3 Å². The molecular weight excluding hydrogens is 441 g/mol. The highest BCUT2D eigenvalue weighted by atomic mass is 19.4. The second kappa shape index (κ2) is 8.24. The van der Waals surface area contributed by atoms with E-state index in [0.29, 0.717) is 23.2 Å². The predicted octanol–water partition coefficient (Wildman–Crippen LogP) is 5.35. The minimum Gasteiger partial charge on any atom is -0.285 e. The predicted molar refractivity (Wildman–Crippen MR) is 121 cm³/mol. The Morgan fingerprint density at radius 3 is 2.50 bits per heavy atom. The third kappa shape index (κ3) is 3.81. The number of allylic oxidation sites excluding steroid dienone is 1. The zero-order valence-corrected chi connectivity index (χ0v) is 18.3. The van der Waals surface area contributed by atoms with Crippen LogP contribution >= 0.6 is 0 Å². The van der Waals surface area contributed by atoms with Crippen molar-refractivity contribution in [3.63, 3.8) is 0 Å². The molecule has 0 saturated carbocycles. The fourth-order valence-electron chi connectivity index (χ4n) is 4.98. The summed E-state index contributed by atoms with van der Waals surface area (Å²) in [4.78, 5) is 31.1. The van der Waals surface area contributed by atoms with Crippen molar-refractivity contribution in [1.82, 2.24) is 9.88 Å². The first-order valence-electron chi connectivity index (χ1n) is 10.9. The Morgan fingerprint density at radius 2 is 1.76 bits per heavy atom. The molecule has 1 saturated heterocycles. The van der Waals surface area contributed by atoms with Crippen LogP contribution in [0.25, 0.3) is 17.2 Å². The Balaban J connectivity index is 1.44. The van der Waals surface area contributed by atoms with E-state index >= 15 is 0 Å². The van der Waals surface area contributed by atoms with Gasteiger partial charge in [0, 0.05) is 24.7 Å². The average Bonchev–Trinajstić information content (AvgIpc) is 3.05. The third-order valence-electron chi connectivity index (χ3n) is 6.72. The molecule has 0 radical (unpaired) electrons. The van der Waals surface area contributed by atoms with Gasteiger partial charge in [0.2, 0.25) is 11.8 Å². The average molecular weight is 462 g/mol. The van der Waals surface area contributed by atoms with Gasteiger partial charge in [-0.3, -0.25) is 19.5 Å². The number of amides is 2. The molecule has 34 heavy (non-hydrogen) atoms. The lowest BCUT2D eigenvalue weighted by Crippen LogP contribution is -2.31. The largest absolute Gasteiger partial charge is 0.416 e. The minimum atomic E-state index is -4.41. The molecule has 5 rings (SSSR count). The van der Waals surface area contributed by atoms with Gasteiger partial charge in [0.05, 0.1) is 23.1 Å². The highest BCUT2D eigenvalue weighted by Crippen LogP contribution is 2.45. The van der Waals surface area contributed by atoms with E-state index in [0.717, 1.165) is 23.3 Å². The van der Waals surface area contributed by atoms with Gasteiger partial charge in [0.1, 0.15) is 0 Å². The number of rotatable bonds is 3. The van der Waals surface area contributed by atoms with Crippen LogP contribution in [0.3, 0.4) is 0 Å². The smallest absolute Gasteiger partial charge is 0.285 e. The van der Waals surface area contributed by atoms with Crippen LogP contribution in [0.2, 0.25) is 0 Å². The summed E-state index contributed by atoms with van der Waals surface area (Å²) in [5, 5.41) is 0. The Bertz CT molecular complexity index is 1300. The monoisotopic (exact) mass is 462 g/mol. The number of carbonyl (C=O) groups is 2. The maximum absolute atomic E-state index is 13.0. The van der Waals surface area contributed by atoms with Gasteiger partial charge in [-0.1, -0.05) is 48.5 Å². The van der Waals surface area contributed by atoms with Crippen LogP contribution in [0.1, 0.15) is 28.3 Å². The summed E-state index contributed by atoms with van der Waals surface area (Å²) < 4.78 is 39.1. The number of fused-ring (bicyclic) bond motifs is 2. The molecule has 4 nitrogen and oxygen atoms in total. The van der Waals surface area contributed by atoms with Crippen LogP contribution in [0.15, 0.2) is 72.9 Å². The lowest BCUT2D eigenvalue weighted by atomic mass is 9.70. The number of nitrogens with zero attached hydrogens (tertiary/aromatic N) is 2. The molecule has 2 heterocycles. The van der Waals surface area contributed by atoms with Crippen LogP contribution in [-0.2, 0) is 22.2 Å². The van der Waals surface area contributed by atoms with Crippen molar-refractivity contribution in [2.24, 2.45) is 11.8 Å².